The largest absolute Gasteiger partial charge is 0.452 e. The van der Waals surface area contributed by atoms with Gasteiger partial charge in [-0.3, -0.25) is 9.59 Å². The van der Waals surface area contributed by atoms with Crippen molar-refractivity contribution in [2.75, 3.05) is 5.32 Å². The number of carbonyl (C=O) groups excluding carboxylic acids is 2. The lowest BCUT2D eigenvalue weighted by atomic mass is 9.79. The van der Waals surface area contributed by atoms with E-state index in [1.807, 2.05) is 6.07 Å². The first-order valence-electron chi connectivity index (χ1n) is 9.23. The Balaban J connectivity index is 1.69. The summed E-state index contributed by atoms with van der Waals surface area (Å²) in [6, 6.07) is 14.3. The Morgan fingerprint density at radius 3 is 2.29 bits per heavy atom. The topological polar surface area (TPSA) is 79.2 Å². The molecule has 6 heteroatoms. The van der Waals surface area contributed by atoms with Crippen molar-refractivity contribution in [2.24, 2.45) is 0 Å². The van der Waals surface area contributed by atoms with Gasteiger partial charge in [0.1, 0.15) is 5.82 Å². The number of carbonyl (C=O) groups is 2. The third kappa shape index (κ3) is 4.04. The van der Waals surface area contributed by atoms with Gasteiger partial charge in [0, 0.05) is 5.69 Å². The maximum atomic E-state index is 13.3. The van der Waals surface area contributed by atoms with Gasteiger partial charge in [-0.05, 0) is 61.7 Å². The van der Waals surface area contributed by atoms with Crippen LogP contribution in [0.15, 0.2) is 48.5 Å². The SMILES string of the molecule is C[C@H](OC(=O)C1(c2ccc(F)cc2)CCCC1)C(=O)Nc1ccc(C#N)cc1. The van der Waals surface area contributed by atoms with Crippen LogP contribution in [-0.4, -0.2) is 18.0 Å². The van der Waals surface area contributed by atoms with E-state index in [4.69, 9.17) is 10.00 Å². The Hall–Kier alpha value is -3.20. The highest BCUT2D eigenvalue weighted by Crippen LogP contribution is 2.42. The van der Waals surface area contributed by atoms with E-state index in [0.29, 0.717) is 24.1 Å². The molecule has 2 aromatic carbocycles. The van der Waals surface area contributed by atoms with E-state index in [-0.39, 0.29) is 5.82 Å². The highest BCUT2D eigenvalue weighted by Gasteiger charge is 2.45. The highest BCUT2D eigenvalue weighted by atomic mass is 19.1. The van der Waals surface area contributed by atoms with Crippen molar-refractivity contribution in [3.8, 4) is 6.07 Å². The molecular formula is C22H21FN2O3. The molecule has 0 radical (unpaired) electrons. The zero-order valence-corrected chi connectivity index (χ0v) is 15.6. The molecule has 0 saturated heterocycles. The van der Waals surface area contributed by atoms with Crippen molar-refractivity contribution in [1.29, 1.82) is 5.26 Å². The minimum absolute atomic E-state index is 0.361. The number of nitriles is 1. The third-order valence-corrected chi connectivity index (χ3v) is 5.18. The lowest BCUT2D eigenvalue weighted by Gasteiger charge is -2.28. The summed E-state index contributed by atoms with van der Waals surface area (Å²) in [5, 5.41) is 11.5. The van der Waals surface area contributed by atoms with Crippen LogP contribution in [0.4, 0.5) is 10.1 Å². The van der Waals surface area contributed by atoms with Crippen LogP contribution in [0, 0.1) is 17.1 Å². The van der Waals surface area contributed by atoms with Gasteiger partial charge in [0.2, 0.25) is 0 Å². The Labute approximate surface area is 163 Å². The first kappa shape index (κ1) is 19.6. The number of hydrogen-bond donors (Lipinski definition) is 1. The second kappa shape index (κ2) is 8.22. The summed E-state index contributed by atoms with van der Waals surface area (Å²) in [6.45, 7) is 1.52. The Morgan fingerprint density at radius 2 is 1.71 bits per heavy atom. The number of halogens is 1. The van der Waals surface area contributed by atoms with Crippen molar-refractivity contribution in [3.05, 3.63) is 65.5 Å². The summed E-state index contributed by atoms with van der Waals surface area (Å²) < 4.78 is 18.8. The van der Waals surface area contributed by atoms with Gasteiger partial charge >= 0.3 is 5.97 Å². The van der Waals surface area contributed by atoms with E-state index in [1.54, 1.807) is 36.4 Å². The number of anilines is 1. The van der Waals surface area contributed by atoms with Gasteiger partial charge in [-0.25, -0.2) is 4.39 Å². The maximum absolute atomic E-state index is 13.3. The molecule has 0 unspecified atom stereocenters. The predicted molar refractivity (Wildman–Crippen MR) is 102 cm³/mol. The monoisotopic (exact) mass is 380 g/mol. The van der Waals surface area contributed by atoms with Crippen molar-refractivity contribution >= 4 is 17.6 Å². The van der Waals surface area contributed by atoms with Crippen LogP contribution >= 0.6 is 0 Å². The van der Waals surface area contributed by atoms with Crippen LogP contribution < -0.4 is 5.32 Å². The standard InChI is InChI=1S/C22H21FN2O3/c1-15(20(26)25-19-10-4-16(14-24)5-11-19)28-21(27)22(12-2-3-13-22)17-6-8-18(23)9-7-17/h4-11,15H,2-3,12-13H2,1H3,(H,25,26)/t15-/m0/s1. The first-order chi connectivity index (χ1) is 13.4. The van der Waals surface area contributed by atoms with Crippen molar-refractivity contribution < 1.29 is 18.7 Å². The third-order valence-electron chi connectivity index (χ3n) is 5.18. The Morgan fingerprint density at radius 1 is 1.11 bits per heavy atom. The number of nitrogens with one attached hydrogen (secondary N) is 1. The fourth-order valence-corrected chi connectivity index (χ4v) is 3.56. The first-order valence-corrected chi connectivity index (χ1v) is 9.23. The molecule has 0 bridgehead atoms. The molecule has 2 aromatic rings. The lowest BCUT2D eigenvalue weighted by molar-refractivity contribution is -0.159. The zero-order chi connectivity index (χ0) is 20.1. The number of benzene rings is 2. The zero-order valence-electron chi connectivity index (χ0n) is 15.6. The molecule has 0 spiro atoms. The summed E-state index contributed by atoms with van der Waals surface area (Å²) in [5.41, 5.74) is 0.883. The van der Waals surface area contributed by atoms with Gasteiger partial charge in [-0.15, -0.1) is 0 Å². The summed E-state index contributed by atoms with van der Waals surface area (Å²) in [4.78, 5) is 25.4. The molecule has 1 N–H and O–H groups in total. The number of esters is 1. The second-order valence-electron chi connectivity index (χ2n) is 7.02. The lowest BCUT2D eigenvalue weighted by Crippen LogP contribution is -2.39. The van der Waals surface area contributed by atoms with Crippen molar-refractivity contribution in [2.45, 2.75) is 44.1 Å². The molecule has 1 aliphatic rings. The molecule has 3 rings (SSSR count). The Kier molecular flexibility index (Phi) is 5.74. The molecule has 0 aromatic heterocycles. The van der Waals surface area contributed by atoms with Crippen LogP contribution in [0.3, 0.4) is 0 Å². The molecule has 1 atom stereocenters. The Bertz CT molecular complexity index is 895. The average molecular weight is 380 g/mol. The highest BCUT2D eigenvalue weighted by molar-refractivity contribution is 5.96. The molecule has 1 amide bonds. The summed E-state index contributed by atoms with van der Waals surface area (Å²) in [7, 11) is 0. The number of nitrogens with zero attached hydrogens (tertiary/aromatic N) is 1. The maximum Gasteiger partial charge on any atom is 0.317 e. The van der Waals surface area contributed by atoms with Crippen LogP contribution in [0.1, 0.15) is 43.7 Å². The number of amides is 1. The van der Waals surface area contributed by atoms with E-state index >= 15 is 0 Å². The summed E-state index contributed by atoms with van der Waals surface area (Å²) >= 11 is 0. The van der Waals surface area contributed by atoms with Crippen molar-refractivity contribution in [3.63, 3.8) is 0 Å². The summed E-state index contributed by atoms with van der Waals surface area (Å²) in [6.07, 6.45) is 1.99. The molecule has 0 heterocycles. The van der Waals surface area contributed by atoms with Gasteiger partial charge in [-0.2, -0.15) is 5.26 Å². The van der Waals surface area contributed by atoms with Gasteiger partial charge in [0.15, 0.2) is 6.10 Å². The number of hydrogen-bond acceptors (Lipinski definition) is 4. The van der Waals surface area contributed by atoms with Gasteiger partial charge in [0.05, 0.1) is 17.0 Å². The molecule has 0 aliphatic heterocycles. The summed E-state index contributed by atoms with van der Waals surface area (Å²) in [5.74, 6) is -1.27. The molecule has 28 heavy (non-hydrogen) atoms. The van der Waals surface area contributed by atoms with Gasteiger partial charge in [-0.1, -0.05) is 25.0 Å². The molecular weight excluding hydrogens is 359 g/mol. The number of ether oxygens (including phenoxy) is 1. The smallest absolute Gasteiger partial charge is 0.317 e. The minimum Gasteiger partial charge on any atom is -0.452 e. The van der Waals surface area contributed by atoms with E-state index < -0.39 is 23.4 Å². The van der Waals surface area contributed by atoms with Gasteiger partial charge < -0.3 is 10.1 Å². The average Bonchev–Trinajstić information content (AvgIpc) is 3.20. The fourth-order valence-electron chi connectivity index (χ4n) is 3.56. The quantitative estimate of drug-likeness (QED) is 0.793. The molecule has 1 saturated carbocycles. The molecule has 1 aliphatic carbocycles. The fraction of sp³-hybridized carbons (Fsp3) is 0.318. The van der Waals surface area contributed by atoms with E-state index in [2.05, 4.69) is 5.32 Å². The van der Waals surface area contributed by atoms with E-state index in [9.17, 15) is 14.0 Å². The van der Waals surface area contributed by atoms with Gasteiger partial charge in [0.25, 0.3) is 5.91 Å². The number of rotatable bonds is 5. The van der Waals surface area contributed by atoms with Crippen LogP contribution in [-0.2, 0) is 19.7 Å². The minimum atomic E-state index is -0.985. The molecule has 5 nitrogen and oxygen atoms in total. The normalized spacial score (nSPS) is 16.0. The molecule has 144 valence electrons. The molecule has 1 fully saturated rings. The van der Waals surface area contributed by atoms with E-state index in [0.717, 1.165) is 18.4 Å². The van der Waals surface area contributed by atoms with Crippen molar-refractivity contribution in [1.82, 2.24) is 0 Å². The second-order valence-corrected chi connectivity index (χ2v) is 7.02. The van der Waals surface area contributed by atoms with Crippen LogP contribution in [0.25, 0.3) is 0 Å². The predicted octanol–water partition coefficient (Wildman–Crippen LogP) is 4.08. The van der Waals surface area contributed by atoms with E-state index in [1.165, 1.54) is 19.1 Å². The van der Waals surface area contributed by atoms with Crippen LogP contribution in [0.5, 0.6) is 0 Å². The van der Waals surface area contributed by atoms with Crippen LogP contribution in [0.2, 0.25) is 0 Å².